The zero-order valence-electron chi connectivity index (χ0n) is 8.06. The maximum atomic E-state index is 11.7. The van der Waals surface area contributed by atoms with E-state index in [4.69, 9.17) is 4.74 Å². The highest BCUT2D eigenvalue weighted by Gasteiger charge is 2.27. The Morgan fingerprint density at radius 2 is 2.53 bits per heavy atom. The van der Waals surface area contributed by atoms with Gasteiger partial charge in [-0.05, 0) is 11.4 Å². The zero-order valence-corrected chi connectivity index (χ0v) is 8.87. The molecule has 0 saturated heterocycles. The van der Waals surface area contributed by atoms with Crippen molar-refractivity contribution in [1.82, 2.24) is 4.90 Å². The van der Waals surface area contributed by atoms with Crippen LogP contribution in [0.25, 0.3) is 11.4 Å². The Morgan fingerprint density at radius 3 is 3.33 bits per heavy atom. The molecule has 0 amide bonds. The van der Waals surface area contributed by atoms with Crippen LogP contribution in [0.4, 0.5) is 0 Å². The van der Waals surface area contributed by atoms with Crippen LogP contribution in [0.2, 0.25) is 0 Å². The number of nitrogens with zero attached hydrogens (tertiary/aromatic N) is 2. The van der Waals surface area contributed by atoms with Crippen LogP contribution in [-0.2, 0) is 9.53 Å². The summed E-state index contributed by atoms with van der Waals surface area (Å²) in [4.78, 5) is 17.8. The van der Waals surface area contributed by atoms with Crippen molar-refractivity contribution in [3.05, 3.63) is 21.2 Å². The van der Waals surface area contributed by atoms with E-state index in [1.165, 1.54) is 7.11 Å². The van der Waals surface area contributed by atoms with Gasteiger partial charge in [0.1, 0.15) is 5.70 Å². The molecular formula is C10H8N2O2S. The Morgan fingerprint density at radius 1 is 1.67 bits per heavy atom. The standard InChI is InChI=1S/C10H8N2O2S/c1-14-10(13)8-9-6(2-3-15-9)7-4-12(8)5-11-7/h2-3,5H,4H2,1H3. The van der Waals surface area contributed by atoms with Gasteiger partial charge in [0.15, 0.2) is 0 Å². The van der Waals surface area contributed by atoms with Gasteiger partial charge in [-0.1, -0.05) is 0 Å². The van der Waals surface area contributed by atoms with Gasteiger partial charge >= 0.3 is 5.97 Å². The van der Waals surface area contributed by atoms with Crippen LogP contribution in [0.3, 0.4) is 0 Å². The van der Waals surface area contributed by atoms with E-state index in [1.807, 2.05) is 16.3 Å². The topological polar surface area (TPSA) is 41.9 Å². The molecule has 0 fully saturated rings. The maximum absolute atomic E-state index is 11.7. The summed E-state index contributed by atoms with van der Waals surface area (Å²) in [7, 11) is 1.40. The van der Waals surface area contributed by atoms with Crippen LogP contribution in [0.5, 0.6) is 0 Å². The lowest BCUT2D eigenvalue weighted by atomic mass is 10.2. The number of ether oxygens (including phenoxy) is 1. The van der Waals surface area contributed by atoms with Gasteiger partial charge in [-0.2, -0.15) is 0 Å². The smallest absolute Gasteiger partial charge is 0.356 e. The minimum atomic E-state index is -0.300. The summed E-state index contributed by atoms with van der Waals surface area (Å²) < 4.78 is 5.74. The molecule has 2 aliphatic heterocycles. The SMILES string of the molecule is COC(=O)C1=c2sccc2=C2CN1C=N2. The third-order valence-corrected chi connectivity index (χ3v) is 3.45. The molecule has 0 aromatic carbocycles. The average molecular weight is 220 g/mol. The molecule has 0 N–H and O–H groups in total. The minimum Gasteiger partial charge on any atom is -0.464 e. The minimum absolute atomic E-state index is 0.300. The number of hydrogen-bond donors (Lipinski definition) is 0. The van der Waals surface area contributed by atoms with Crippen molar-refractivity contribution >= 4 is 35.0 Å². The van der Waals surface area contributed by atoms with Crippen molar-refractivity contribution in [2.75, 3.05) is 13.7 Å². The third-order valence-electron chi connectivity index (χ3n) is 2.53. The molecule has 0 radical (unpaired) electrons. The maximum Gasteiger partial charge on any atom is 0.356 e. The number of fused-ring (bicyclic) bond motifs is 3. The molecule has 0 spiro atoms. The lowest BCUT2D eigenvalue weighted by Crippen LogP contribution is -2.39. The number of carbonyl (C=O) groups is 1. The quantitative estimate of drug-likeness (QED) is 0.599. The molecule has 0 aliphatic carbocycles. The van der Waals surface area contributed by atoms with E-state index >= 15 is 0 Å². The highest BCUT2D eigenvalue weighted by molar-refractivity contribution is 7.08. The predicted octanol–water partition coefficient (Wildman–Crippen LogP) is -0.505. The molecular weight excluding hydrogens is 212 g/mol. The first-order valence-electron chi connectivity index (χ1n) is 4.51. The summed E-state index contributed by atoms with van der Waals surface area (Å²) in [5.41, 5.74) is 1.63. The van der Waals surface area contributed by atoms with Crippen molar-refractivity contribution < 1.29 is 9.53 Å². The van der Waals surface area contributed by atoms with Crippen LogP contribution >= 0.6 is 11.3 Å². The van der Waals surface area contributed by atoms with E-state index in [-0.39, 0.29) is 5.97 Å². The van der Waals surface area contributed by atoms with Crippen LogP contribution < -0.4 is 9.75 Å². The number of carbonyl (C=O) groups excluding carboxylic acids is 1. The molecule has 0 atom stereocenters. The molecule has 2 bridgehead atoms. The Bertz CT molecular complexity index is 585. The van der Waals surface area contributed by atoms with Crippen molar-refractivity contribution in [3.63, 3.8) is 0 Å². The van der Waals surface area contributed by atoms with E-state index in [9.17, 15) is 4.79 Å². The molecule has 3 rings (SSSR count). The van der Waals surface area contributed by atoms with Gasteiger partial charge < -0.3 is 9.64 Å². The third kappa shape index (κ3) is 1.07. The van der Waals surface area contributed by atoms with E-state index in [0.717, 1.165) is 15.4 Å². The van der Waals surface area contributed by atoms with Crippen LogP contribution in [-0.4, -0.2) is 30.9 Å². The van der Waals surface area contributed by atoms with Gasteiger partial charge in [0.25, 0.3) is 0 Å². The van der Waals surface area contributed by atoms with Crippen LogP contribution in [0.15, 0.2) is 16.4 Å². The Balaban J connectivity index is 2.40. The summed E-state index contributed by atoms with van der Waals surface area (Å²) in [6.07, 6.45) is 1.69. The fourth-order valence-electron chi connectivity index (χ4n) is 1.83. The molecule has 5 heteroatoms. The number of esters is 1. The normalized spacial score (nSPS) is 17.0. The number of aliphatic imine (C=N–C) groups is 1. The highest BCUT2D eigenvalue weighted by Crippen LogP contribution is 2.17. The van der Waals surface area contributed by atoms with Crippen molar-refractivity contribution in [1.29, 1.82) is 0 Å². The Labute approximate surface area is 89.8 Å². The second-order valence-electron chi connectivity index (χ2n) is 3.32. The van der Waals surface area contributed by atoms with E-state index in [0.29, 0.717) is 12.2 Å². The molecule has 15 heavy (non-hydrogen) atoms. The molecule has 1 aromatic heterocycles. The number of hydrogen-bond acceptors (Lipinski definition) is 5. The summed E-state index contributed by atoms with van der Waals surface area (Å²) in [5, 5.41) is 3.03. The van der Waals surface area contributed by atoms with Gasteiger partial charge in [0.2, 0.25) is 0 Å². The monoisotopic (exact) mass is 220 g/mol. The van der Waals surface area contributed by atoms with Gasteiger partial charge in [0.05, 0.1) is 30.2 Å². The van der Waals surface area contributed by atoms with Gasteiger partial charge in [0, 0.05) is 5.22 Å². The lowest BCUT2D eigenvalue weighted by molar-refractivity contribution is -0.134. The molecule has 3 heterocycles. The van der Waals surface area contributed by atoms with Gasteiger partial charge in [-0.15, -0.1) is 11.3 Å². The molecule has 76 valence electrons. The van der Waals surface area contributed by atoms with Crippen molar-refractivity contribution in [2.45, 2.75) is 0 Å². The van der Waals surface area contributed by atoms with Crippen molar-refractivity contribution in [3.8, 4) is 0 Å². The summed E-state index contributed by atoms with van der Waals surface area (Å²) in [5.74, 6) is -0.300. The first-order valence-corrected chi connectivity index (χ1v) is 5.39. The fraction of sp³-hybridized carbons (Fsp3) is 0.200. The van der Waals surface area contributed by atoms with Crippen molar-refractivity contribution in [2.24, 2.45) is 4.99 Å². The van der Waals surface area contributed by atoms with Crippen LogP contribution in [0.1, 0.15) is 0 Å². The first-order chi connectivity index (χ1) is 7.31. The summed E-state index contributed by atoms with van der Waals surface area (Å²) in [6.45, 7) is 0.675. The Hall–Kier alpha value is -1.62. The fourth-order valence-corrected chi connectivity index (χ4v) is 2.80. The Kier molecular flexibility index (Phi) is 1.70. The zero-order chi connectivity index (χ0) is 10.4. The summed E-state index contributed by atoms with van der Waals surface area (Å²) >= 11 is 1.54. The average Bonchev–Trinajstić information content (AvgIpc) is 2.86. The molecule has 2 aliphatic rings. The van der Waals surface area contributed by atoms with Gasteiger partial charge in [-0.3, -0.25) is 0 Å². The number of rotatable bonds is 1. The number of methoxy groups -OCH3 is 1. The highest BCUT2D eigenvalue weighted by atomic mass is 32.1. The molecule has 0 saturated carbocycles. The van der Waals surface area contributed by atoms with Crippen LogP contribution in [0, 0.1) is 0 Å². The first kappa shape index (κ1) is 8.67. The largest absolute Gasteiger partial charge is 0.464 e. The molecule has 1 aromatic rings. The summed E-state index contributed by atoms with van der Waals surface area (Å²) in [6, 6.07) is 2.00. The molecule has 0 unspecified atom stereocenters. The van der Waals surface area contributed by atoms with Gasteiger partial charge in [-0.25, -0.2) is 9.79 Å². The molecule has 4 nitrogen and oxygen atoms in total. The second kappa shape index (κ2) is 2.93. The predicted molar refractivity (Wildman–Crippen MR) is 57.6 cm³/mol. The lowest BCUT2D eigenvalue weighted by Gasteiger charge is -2.17. The van der Waals surface area contributed by atoms with E-state index < -0.39 is 0 Å². The van der Waals surface area contributed by atoms with E-state index in [1.54, 1.807) is 17.7 Å². The second-order valence-corrected chi connectivity index (χ2v) is 4.24. The number of thiophene rings is 1. The van der Waals surface area contributed by atoms with E-state index in [2.05, 4.69) is 4.99 Å².